The molecule has 1 unspecified atom stereocenters. The molecular weight excluding hydrogens is 492 g/mol. The number of halogens is 1. The van der Waals surface area contributed by atoms with Gasteiger partial charge in [0.1, 0.15) is 30.0 Å². The first-order valence-corrected chi connectivity index (χ1v) is 12.5. The van der Waals surface area contributed by atoms with Crippen molar-refractivity contribution >= 4 is 17.4 Å². The molecule has 4 aromatic rings. The van der Waals surface area contributed by atoms with E-state index in [4.69, 9.17) is 30.8 Å². The van der Waals surface area contributed by atoms with Crippen molar-refractivity contribution in [3.63, 3.8) is 0 Å². The highest BCUT2D eigenvalue weighted by Gasteiger charge is 2.27. The number of nitrogens with zero attached hydrogens (tertiary/aromatic N) is 5. The number of aryl methyl sites for hydroxylation is 2. The molecule has 1 aliphatic heterocycles. The summed E-state index contributed by atoms with van der Waals surface area (Å²) in [4.78, 5) is 16.5. The van der Waals surface area contributed by atoms with Crippen molar-refractivity contribution in [1.29, 1.82) is 0 Å². The minimum absolute atomic E-state index is 0.145. The van der Waals surface area contributed by atoms with Gasteiger partial charge in [0, 0.05) is 43.2 Å². The van der Waals surface area contributed by atoms with E-state index < -0.39 is 6.10 Å². The second-order valence-electron chi connectivity index (χ2n) is 9.21. The van der Waals surface area contributed by atoms with Gasteiger partial charge < -0.3 is 24.6 Å². The highest BCUT2D eigenvalue weighted by molar-refractivity contribution is 6.33. The van der Waals surface area contributed by atoms with Gasteiger partial charge in [0.2, 0.25) is 0 Å². The highest BCUT2D eigenvalue weighted by atomic mass is 35.5. The number of hydrogen-bond acceptors (Lipinski definition) is 9. The zero-order chi connectivity index (χ0) is 26.1. The molecule has 0 saturated carbocycles. The summed E-state index contributed by atoms with van der Waals surface area (Å²) in [7, 11) is 1.78. The molecule has 4 heterocycles. The summed E-state index contributed by atoms with van der Waals surface area (Å²) < 4.78 is 11.3. The molecular formula is C27H29ClN6O3. The number of aliphatic hydroxyl groups is 1. The summed E-state index contributed by atoms with van der Waals surface area (Å²) in [6, 6.07) is 7.38. The van der Waals surface area contributed by atoms with Gasteiger partial charge in [-0.25, -0.2) is 9.97 Å². The number of aliphatic hydroxyl groups excluding tert-OH is 1. The fraction of sp³-hybridized carbons (Fsp3) is 0.333. The van der Waals surface area contributed by atoms with Crippen molar-refractivity contribution < 1.29 is 14.4 Å². The lowest BCUT2D eigenvalue weighted by Gasteiger charge is -2.22. The Bertz CT molecular complexity index is 1400. The van der Waals surface area contributed by atoms with E-state index in [1.807, 2.05) is 45.3 Å². The molecule has 0 saturated heterocycles. The van der Waals surface area contributed by atoms with E-state index in [1.165, 1.54) is 11.1 Å². The molecule has 0 fully saturated rings. The van der Waals surface area contributed by atoms with E-state index in [1.54, 1.807) is 19.2 Å². The third kappa shape index (κ3) is 5.02. The van der Waals surface area contributed by atoms with E-state index in [0.717, 1.165) is 34.9 Å². The van der Waals surface area contributed by atoms with Crippen LogP contribution in [0.15, 0.2) is 41.2 Å². The molecule has 37 heavy (non-hydrogen) atoms. The summed E-state index contributed by atoms with van der Waals surface area (Å²) in [5.74, 6) is 2.53. The largest absolute Gasteiger partial charge is 0.491 e. The second kappa shape index (κ2) is 10.5. The van der Waals surface area contributed by atoms with Crippen LogP contribution >= 0.6 is 11.6 Å². The Hall–Kier alpha value is -3.53. The summed E-state index contributed by atoms with van der Waals surface area (Å²) in [6.07, 6.45) is 3.08. The van der Waals surface area contributed by atoms with Gasteiger partial charge in [-0.2, -0.15) is 0 Å². The number of benzene rings is 1. The molecule has 0 bridgehead atoms. The Morgan fingerprint density at radius 3 is 2.70 bits per heavy atom. The highest BCUT2D eigenvalue weighted by Crippen LogP contribution is 2.38. The first-order valence-electron chi connectivity index (χ1n) is 12.1. The van der Waals surface area contributed by atoms with E-state index in [-0.39, 0.29) is 6.61 Å². The quantitative estimate of drug-likeness (QED) is 0.352. The normalized spacial score (nSPS) is 13.6. The van der Waals surface area contributed by atoms with Gasteiger partial charge in [0.25, 0.3) is 0 Å². The van der Waals surface area contributed by atoms with Crippen molar-refractivity contribution in [3.05, 3.63) is 69.8 Å². The van der Waals surface area contributed by atoms with Crippen LogP contribution in [0.3, 0.4) is 0 Å². The van der Waals surface area contributed by atoms with Crippen molar-refractivity contribution in [2.75, 3.05) is 25.1 Å². The van der Waals surface area contributed by atoms with E-state index >= 15 is 0 Å². The standard InChI is InChI=1S/C27H29ClN6O3/c1-15-25(24-16(2)33-37-17(24)3)31-26(32-27(15)34-12-18-7-8-30-10-19(18)13-34)22-9-21(5-6-23(22)28)36-14-20(35)11-29-4/h5-10,20,29,35H,11-14H2,1-4H3. The summed E-state index contributed by atoms with van der Waals surface area (Å²) in [5, 5.41) is 17.6. The number of nitrogens with one attached hydrogen (secondary N) is 1. The zero-order valence-electron chi connectivity index (χ0n) is 21.2. The van der Waals surface area contributed by atoms with Crippen molar-refractivity contribution in [2.24, 2.45) is 0 Å². The molecule has 0 spiro atoms. The first-order chi connectivity index (χ1) is 17.9. The zero-order valence-corrected chi connectivity index (χ0v) is 22.0. The Balaban J connectivity index is 1.60. The van der Waals surface area contributed by atoms with Gasteiger partial charge in [0.05, 0.1) is 22.0 Å². The minimum Gasteiger partial charge on any atom is -0.491 e. The van der Waals surface area contributed by atoms with Crippen LogP contribution in [-0.2, 0) is 13.1 Å². The molecule has 1 atom stereocenters. The smallest absolute Gasteiger partial charge is 0.163 e. The van der Waals surface area contributed by atoms with Crippen LogP contribution in [0.25, 0.3) is 22.6 Å². The third-order valence-electron chi connectivity index (χ3n) is 6.48. The Morgan fingerprint density at radius 1 is 1.16 bits per heavy atom. The number of ether oxygens (including phenoxy) is 1. The molecule has 0 radical (unpaired) electrons. The van der Waals surface area contributed by atoms with E-state index in [0.29, 0.717) is 41.0 Å². The average molecular weight is 521 g/mol. The lowest BCUT2D eigenvalue weighted by molar-refractivity contribution is 0.108. The van der Waals surface area contributed by atoms with Gasteiger partial charge in [-0.05, 0) is 63.2 Å². The van der Waals surface area contributed by atoms with E-state index in [9.17, 15) is 5.11 Å². The number of aromatic nitrogens is 4. The minimum atomic E-state index is -0.635. The maximum atomic E-state index is 10.0. The number of hydrogen-bond donors (Lipinski definition) is 2. The SMILES string of the molecule is CNCC(O)COc1ccc(Cl)c(-c2nc(-c3c(C)noc3C)c(C)c(N3Cc4ccncc4C3)n2)c1. The fourth-order valence-corrected chi connectivity index (χ4v) is 4.82. The van der Waals surface area contributed by atoms with Crippen LogP contribution in [0.2, 0.25) is 5.02 Å². The van der Waals surface area contributed by atoms with Gasteiger partial charge in [-0.15, -0.1) is 0 Å². The molecule has 0 aliphatic carbocycles. The molecule has 1 aliphatic rings. The molecule has 5 rings (SSSR count). The maximum Gasteiger partial charge on any atom is 0.163 e. The number of anilines is 1. The number of fused-ring (bicyclic) bond motifs is 1. The van der Waals surface area contributed by atoms with Crippen LogP contribution in [0, 0.1) is 20.8 Å². The fourth-order valence-electron chi connectivity index (χ4n) is 4.62. The predicted octanol–water partition coefficient (Wildman–Crippen LogP) is 4.25. The monoisotopic (exact) mass is 520 g/mol. The second-order valence-corrected chi connectivity index (χ2v) is 9.62. The first kappa shape index (κ1) is 25.1. The van der Waals surface area contributed by atoms with Crippen LogP contribution in [0.4, 0.5) is 5.82 Å². The number of pyridine rings is 1. The molecule has 9 nitrogen and oxygen atoms in total. The number of likely N-dealkylation sites (N-methyl/N-ethyl adjacent to an activating group) is 1. The lowest BCUT2D eigenvalue weighted by Crippen LogP contribution is -2.29. The van der Waals surface area contributed by atoms with Gasteiger partial charge in [-0.1, -0.05) is 16.8 Å². The third-order valence-corrected chi connectivity index (χ3v) is 6.81. The van der Waals surface area contributed by atoms with Gasteiger partial charge in [0.15, 0.2) is 5.82 Å². The molecule has 10 heteroatoms. The van der Waals surface area contributed by atoms with Crippen molar-refractivity contribution in [3.8, 4) is 28.4 Å². The molecule has 0 amide bonds. The van der Waals surface area contributed by atoms with E-state index in [2.05, 4.69) is 20.4 Å². The van der Waals surface area contributed by atoms with Crippen LogP contribution < -0.4 is 15.0 Å². The Morgan fingerprint density at radius 2 is 1.97 bits per heavy atom. The lowest BCUT2D eigenvalue weighted by atomic mass is 10.0. The topological polar surface area (TPSA) is 109 Å². The molecule has 2 N–H and O–H groups in total. The summed E-state index contributed by atoms with van der Waals surface area (Å²) in [5.41, 5.74) is 6.31. The average Bonchev–Trinajstić information content (AvgIpc) is 3.46. The van der Waals surface area contributed by atoms with Gasteiger partial charge in [-0.3, -0.25) is 4.98 Å². The van der Waals surface area contributed by atoms with Crippen LogP contribution in [-0.4, -0.2) is 51.5 Å². The Kier molecular flexibility index (Phi) is 7.10. The Labute approximate surface area is 220 Å². The summed E-state index contributed by atoms with van der Waals surface area (Å²) >= 11 is 6.66. The van der Waals surface area contributed by atoms with Crippen LogP contribution in [0.5, 0.6) is 5.75 Å². The molecule has 192 valence electrons. The predicted molar refractivity (Wildman–Crippen MR) is 142 cm³/mol. The molecule has 1 aromatic carbocycles. The number of rotatable bonds is 8. The summed E-state index contributed by atoms with van der Waals surface area (Å²) in [6.45, 7) is 7.79. The maximum absolute atomic E-state index is 10.0. The molecule has 3 aromatic heterocycles. The van der Waals surface area contributed by atoms with Crippen molar-refractivity contribution in [2.45, 2.75) is 40.0 Å². The van der Waals surface area contributed by atoms with Crippen molar-refractivity contribution in [1.82, 2.24) is 25.4 Å². The van der Waals surface area contributed by atoms with Crippen LogP contribution in [0.1, 0.15) is 28.1 Å². The van der Waals surface area contributed by atoms with Gasteiger partial charge >= 0.3 is 0 Å².